The number of nitrogens with zero attached hydrogens (tertiary/aromatic N) is 2. The Labute approximate surface area is 221 Å². The van der Waals surface area contributed by atoms with Crippen LogP contribution >= 0.6 is 0 Å². The summed E-state index contributed by atoms with van der Waals surface area (Å²) in [4.78, 5) is 15.6. The van der Waals surface area contributed by atoms with Gasteiger partial charge in [-0.1, -0.05) is 17.3 Å². The Morgan fingerprint density at radius 2 is 1.82 bits per heavy atom. The third-order valence-electron chi connectivity index (χ3n) is 6.80. The van der Waals surface area contributed by atoms with Gasteiger partial charge in [-0.15, -0.1) is 0 Å². The van der Waals surface area contributed by atoms with Gasteiger partial charge in [0.2, 0.25) is 0 Å². The first kappa shape index (κ1) is 25.5. The summed E-state index contributed by atoms with van der Waals surface area (Å²) in [5.41, 5.74) is 3.03. The Bertz CT molecular complexity index is 1380. The third-order valence-corrected chi connectivity index (χ3v) is 6.80. The first-order chi connectivity index (χ1) is 18.5. The number of carbonyl (C=O) groups excluding carboxylic acids is 1. The standard InChI is InChI=1S/C30H30N2O6/c1-36-24-12-7-21(8-13-24)30-26(19-31-38-30)29(35)22-9-14-27(25(18-22)20-5-10-23(33)11-6-20)37-17-16-32-15-3-2-4-28(32)34/h5-14,18-19,28,33-34H,2-4,15-17H2,1H3. The summed E-state index contributed by atoms with van der Waals surface area (Å²) in [6.45, 7) is 1.84. The molecule has 4 aromatic rings. The van der Waals surface area contributed by atoms with Crippen molar-refractivity contribution in [2.45, 2.75) is 25.5 Å². The van der Waals surface area contributed by atoms with E-state index in [1.165, 1.54) is 6.20 Å². The summed E-state index contributed by atoms with van der Waals surface area (Å²) in [6, 6.07) is 19.3. The van der Waals surface area contributed by atoms with Crippen LogP contribution in [0.15, 0.2) is 77.4 Å². The minimum Gasteiger partial charge on any atom is -0.508 e. The highest BCUT2D eigenvalue weighted by Crippen LogP contribution is 2.34. The highest BCUT2D eigenvalue weighted by atomic mass is 16.5. The molecule has 3 aromatic carbocycles. The van der Waals surface area contributed by atoms with Crippen LogP contribution in [0.1, 0.15) is 35.2 Å². The second-order valence-electron chi connectivity index (χ2n) is 9.24. The number of benzene rings is 3. The van der Waals surface area contributed by atoms with E-state index in [-0.39, 0.29) is 11.5 Å². The molecule has 0 aliphatic carbocycles. The van der Waals surface area contributed by atoms with Gasteiger partial charge in [0.25, 0.3) is 0 Å². The van der Waals surface area contributed by atoms with Gasteiger partial charge >= 0.3 is 0 Å². The molecule has 2 heterocycles. The zero-order chi connectivity index (χ0) is 26.5. The molecule has 0 amide bonds. The molecule has 1 aromatic heterocycles. The summed E-state index contributed by atoms with van der Waals surface area (Å²) in [7, 11) is 1.59. The summed E-state index contributed by atoms with van der Waals surface area (Å²) in [6.07, 6.45) is 3.86. The Hall–Kier alpha value is -4.14. The SMILES string of the molecule is COc1ccc(-c2oncc2C(=O)c2ccc(OCCN3CCCCC3O)c(-c3ccc(O)cc3)c2)cc1. The number of aliphatic hydroxyl groups excluding tert-OH is 1. The fourth-order valence-corrected chi connectivity index (χ4v) is 4.68. The largest absolute Gasteiger partial charge is 0.508 e. The van der Waals surface area contributed by atoms with Gasteiger partial charge in [-0.3, -0.25) is 9.69 Å². The molecule has 1 aliphatic heterocycles. The second-order valence-corrected chi connectivity index (χ2v) is 9.24. The average Bonchev–Trinajstić information content (AvgIpc) is 3.44. The van der Waals surface area contributed by atoms with Crippen molar-refractivity contribution in [1.29, 1.82) is 0 Å². The fraction of sp³-hybridized carbons (Fsp3) is 0.267. The molecule has 0 spiro atoms. The number of aliphatic hydroxyl groups is 1. The van der Waals surface area contributed by atoms with Crippen LogP contribution in [0.4, 0.5) is 0 Å². The molecule has 8 nitrogen and oxygen atoms in total. The molecule has 0 saturated carbocycles. The average molecular weight is 515 g/mol. The lowest BCUT2D eigenvalue weighted by Gasteiger charge is -2.31. The minimum atomic E-state index is -0.438. The quantitative estimate of drug-likeness (QED) is 0.296. The number of piperidine rings is 1. The van der Waals surface area contributed by atoms with E-state index in [9.17, 15) is 15.0 Å². The van der Waals surface area contributed by atoms with Gasteiger partial charge in [0.05, 0.1) is 18.9 Å². The van der Waals surface area contributed by atoms with E-state index >= 15 is 0 Å². The predicted molar refractivity (Wildman–Crippen MR) is 142 cm³/mol. The lowest BCUT2D eigenvalue weighted by atomic mass is 9.96. The number of ketones is 1. The molecule has 196 valence electrons. The van der Waals surface area contributed by atoms with E-state index in [1.54, 1.807) is 61.7 Å². The van der Waals surface area contributed by atoms with Crippen LogP contribution in [0.25, 0.3) is 22.5 Å². The van der Waals surface area contributed by atoms with Gasteiger partial charge in [-0.05, 0) is 79.4 Å². The van der Waals surface area contributed by atoms with Crippen molar-refractivity contribution in [3.63, 3.8) is 0 Å². The molecule has 1 aliphatic rings. The van der Waals surface area contributed by atoms with Crippen LogP contribution in [-0.4, -0.2) is 59.1 Å². The number of likely N-dealkylation sites (tertiary alicyclic amines) is 1. The van der Waals surface area contributed by atoms with Crippen molar-refractivity contribution in [2.75, 3.05) is 26.8 Å². The lowest BCUT2D eigenvalue weighted by Crippen LogP contribution is -2.41. The molecular formula is C30H30N2O6. The number of phenols is 1. The van der Waals surface area contributed by atoms with Crippen LogP contribution in [-0.2, 0) is 0 Å². The first-order valence-electron chi connectivity index (χ1n) is 12.7. The maximum Gasteiger partial charge on any atom is 0.198 e. The Balaban J connectivity index is 1.42. The molecular weight excluding hydrogens is 484 g/mol. The maximum absolute atomic E-state index is 13.6. The second kappa shape index (κ2) is 11.5. The van der Waals surface area contributed by atoms with Crippen LogP contribution in [0.2, 0.25) is 0 Å². The number of hydrogen-bond donors (Lipinski definition) is 2. The molecule has 1 saturated heterocycles. The van der Waals surface area contributed by atoms with Crippen LogP contribution in [0.5, 0.6) is 17.2 Å². The molecule has 8 heteroatoms. The number of aromatic nitrogens is 1. The number of aromatic hydroxyl groups is 1. The highest BCUT2D eigenvalue weighted by Gasteiger charge is 2.22. The van der Waals surface area contributed by atoms with Crippen molar-refractivity contribution < 1.29 is 29.0 Å². The van der Waals surface area contributed by atoms with Gasteiger partial charge in [0.1, 0.15) is 30.1 Å². The lowest BCUT2D eigenvalue weighted by molar-refractivity contribution is -0.0291. The summed E-state index contributed by atoms with van der Waals surface area (Å²) >= 11 is 0. The summed E-state index contributed by atoms with van der Waals surface area (Å²) in [5, 5.41) is 23.9. The molecule has 0 radical (unpaired) electrons. The van der Waals surface area contributed by atoms with E-state index in [2.05, 4.69) is 5.16 Å². The van der Waals surface area contributed by atoms with E-state index in [0.717, 1.165) is 36.9 Å². The van der Waals surface area contributed by atoms with Crippen LogP contribution < -0.4 is 9.47 Å². The number of hydrogen-bond acceptors (Lipinski definition) is 8. The minimum absolute atomic E-state index is 0.149. The smallest absolute Gasteiger partial charge is 0.198 e. The number of ether oxygens (including phenoxy) is 2. The van der Waals surface area contributed by atoms with Crippen molar-refractivity contribution in [3.05, 3.63) is 84.1 Å². The number of rotatable bonds is 9. The zero-order valence-corrected chi connectivity index (χ0v) is 21.2. The van der Waals surface area contributed by atoms with E-state index in [1.807, 2.05) is 17.0 Å². The van der Waals surface area contributed by atoms with Crippen LogP contribution in [0.3, 0.4) is 0 Å². The molecule has 5 rings (SSSR count). The van der Waals surface area contributed by atoms with Gasteiger partial charge in [-0.25, -0.2) is 0 Å². The van der Waals surface area contributed by atoms with Crippen molar-refractivity contribution >= 4 is 5.78 Å². The maximum atomic E-state index is 13.6. The van der Waals surface area contributed by atoms with Crippen molar-refractivity contribution in [2.24, 2.45) is 0 Å². The Morgan fingerprint density at radius 1 is 1.05 bits per heavy atom. The molecule has 1 atom stereocenters. The Kier molecular flexibility index (Phi) is 7.72. The molecule has 2 N–H and O–H groups in total. The highest BCUT2D eigenvalue weighted by molar-refractivity contribution is 6.12. The topological polar surface area (TPSA) is 105 Å². The fourth-order valence-electron chi connectivity index (χ4n) is 4.68. The number of phenolic OH excluding ortho intramolecular Hbond substituents is 1. The summed E-state index contributed by atoms with van der Waals surface area (Å²) < 4.78 is 16.8. The van der Waals surface area contributed by atoms with Crippen molar-refractivity contribution in [3.8, 4) is 39.7 Å². The molecule has 1 unspecified atom stereocenters. The monoisotopic (exact) mass is 514 g/mol. The normalized spacial score (nSPS) is 15.8. The van der Waals surface area contributed by atoms with Gasteiger partial charge in [0, 0.05) is 29.8 Å². The summed E-state index contributed by atoms with van der Waals surface area (Å²) in [5.74, 6) is 1.60. The number of methoxy groups -OCH3 is 1. The van der Waals surface area contributed by atoms with Crippen LogP contribution in [0, 0.1) is 0 Å². The zero-order valence-electron chi connectivity index (χ0n) is 21.2. The Morgan fingerprint density at radius 3 is 2.55 bits per heavy atom. The predicted octanol–water partition coefficient (Wildman–Crippen LogP) is 5.14. The number of carbonyl (C=O) groups is 1. The van der Waals surface area contributed by atoms with E-state index < -0.39 is 6.23 Å². The van der Waals surface area contributed by atoms with Gasteiger partial charge < -0.3 is 24.2 Å². The van der Waals surface area contributed by atoms with Crippen molar-refractivity contribution in [1.82, 2.24) is 10.1 Å². The third kappa shape index (κ3) is 5.56. The first-order valence-corrected chi connectivity index (χ1v) is 12.7. The molecule has 38 heavy (non-hydrogen) atoms. The van der Waals surface area contributed by atoms with E-state index in [0.29, 0.717) is 47.1 Å². The van der Waals surface area contributed by atoms with Gasteiger partial charge in [0.15, 0.2) is 11.5 Å². The molecule has 0 bridgehead atoms. The van der Waals surface area contributed by atoms with Gasteiger partial charge in [-0.2, -0.15) is 0 Å². The molecule has 1 fully saturated rings. The van der Waals surface area contributed by atoms with E-state index in [4.69, 9.17) is 14.0 Å².